The Labute approximate surface area is 120 Å². The third kappa shape index (κ3) is 4.21. The number of nitrogens with zero attached hydrogens (tertiary/aromatic N) is 1. The lowest BCUT2D eigenvalue weighted by Gasteiger charge is -2.17. The Kier molecular flexibility index (Phi) is 4.91. The van der Waals surface area contributed by atoms with Crippen molar-refractivity contribution in [2.24, 2.45) is 5.73 Å². The van der Waals surface area contributed by atoms with Crippen molar-refractivity contribution in [2.45, 2.75) is 13.0 Å². The molecular weight excluding hydrogens is 246 g/mol. The molecule has 0 spiro atoms. The van der Waals surface area contributed by atoms with Crippen LogP contribution in [0.1, 0.15) is 16.7 Å². The van der Waals surface area contributed by atoms with E-state index in [-0.39, 0.29) is 5.84 Å². The number of rotatable bonds is 6. The number of nitrogens with two attached hydrogens (primary N) is 1. The summed E-state index contributed by atoms with van der Waals surface area (Å²) in [7, 11) is 2.13. The van der Waals surface area contributed by atoms with Gasteiger partial charge in [0.25, 0.3) is 0 Å². The molecular formula is C17H21N3. The van der Waals surface area contributed by atoms with Gasteiger partial charge >= 0.3 is 0 Å². The first-order valence-corrected chi connectivity index (χ1v) is 6.81. The fraction of sp³-hybridized carbons (Fsp3) is 0.235. The third-order valence-corrected chi connectivity index (χ3v) is 3.34. The van der Waals surface area contributed by atoms with Crippen molar-refractivity contribution >= 4 is 5.84 Å². The van der Waals surface area contributed by atoms with Crippen LogP contribution < -0.4 is 5.73 Å². The van der Waals surface area contributed by atoms with E-state index in [1.54, 1.807) is 0 Å². The highest BCUT2D eigenvalue weighted by molar-refractivity contribution is 5.94. The number of hydrogen-bond donors (Lipinski definition) is 2. The Morgan fingerprint density at radius 1 is 1.00 bits per heavy atom. The summed E-state index contributed by atoms with van der Waals surface area (Å²) in [5, 5.41) is 7.38. The Balaban J connectivity index is 1.85. The lowest BCUT2D eigenvalue weighted by Crippen LogP contribution is -2.20. The molecule has 0 aromatic heterocycles. The van der Waals surface area contributed by atoms with Crippen LogP contribution in [-0.4, -0.2) is 24.3 Å². The van der Waals surface area contributed by atoms with Gasteiger partial charge in [-0.1, -0.05) is 54.6 Å². The van der Waals surface area contributed by atoms with Crippen LogP contribution in [0.25, 0.3) is 0 Å². The van der Waals surface area contributed by atoms with Crippen molar-refractivity contribution in [2.75, 3.05) is 13.6 Å². The zero-order valence-corrected chi connectivity index (χ0v) is 11.8. The maximum absolute atomic E-state index is 7.38. The molecule has 0 amide bonds. The van der Waals surface area contributed by atoms with Gasteiger partial charge in [0.1, 0.15) is 5.84 Å². The largest absolute Gasteiger partial charge is 0.384 e. The van der Waals surface area contributed by atoms with Gasteiger partial charge in [-0.25, -0.2) is 0 Å². The third-order valence-electron chi connectivity index (χ3n) is 3.34. The van der Waals surface area contributed by atoms with E-state index in [0.717, 1.165) is 25.1 Å². The number of nitrogen functional groups attached to an aromatic ring is 1. The average molecular weight is 267 g/mol. The van der Waals surface area contributed by atoms with Crippen molar-refractivity contribution in [1.29, 1.82) is 5.41 Å². The van der Waals surface area contributed by atoms with Crippen LogP contribution in [0.4, 0.5) is 0 Å². The summed E-state index contributed by atoms with van der Waals surface area (Å²) in [4.78, 5) is 2.30. The number of nitrogens with one attached hydrogen (secondary N) is 1. The van der Waals surface area contributed by atoms with Crippen molar-refractivity contribution in [3.63, 3.8) is 0 Å². The molecule has 2 aromatic carbocycles. The summed E-state index contributed by atoms with van der Waals surface area (Å²) in [5.41, 5.74) is 8.84. The van der Waals surface area contributed by atoms with E-state index < -0.39 is 0 Å². The van der Waals surface area contributed by atoms with Gasteiger partial charge < -0.3 is 10.6 Å². The quantitative estimate of drug-likeness (QED) is 0.624. The highest BCUT2D eigenvalue weighted by atomic mass is 15.1. The Morgan fingerprint density at radius 3 is 2.25 bits per heavy atom. The minimum Gasteiger partial charge on any atom is -0.384 e. The molecule has 0 aliphatic heterocycles. The highest BCUT2D eigenvalue weighted by Gasteiger charge is 2.02. The summed E-state index contributed by atoms with van der Waals surface area (Å²) in [6, 6.07) is 18.4. The minimum atomic E-state index is 0.119. The van der Waals surface area contributed by atoms with Gasteiger partial charge in [-0.3, -0.25) is 5.41 Å². The van der Waals surface area contributed by atoms with Crippen LogP contribution >= 0.6 is 0 Å². The maximum atomic E-state index is 7.38. The van der Waals surface area contributed by atoms with E-state index in [1.807, 2.05) is 30.3 Å². The van der Waals surface area contributed by atoms with Gasteiger partial charge in [-0.15, -0.1) is 0 Å². The molecule has 0 atom stereocenters. The first-order chi connectivity index (χ1) is 9.65. The minimum absolute atomic E-state index is 0.119. The molecule has 0 saturated carbocycles. The lowest BCUT2D eigenvalue weighted by atomic mass is 10.1. The van der Waals surface area contributed by atoms with Gasteiger partial charge in [0.15, 0.2) is 0 Å². The first-order valence-electron chi connectivity index (χ1n) is 6.81. The van der Waals surface area contributed by atoms with E-state index in [0.29, 0.717) is 0 Å². The fourth-order valence-corrected chi connectivity index (χ4v) is 2.15. The molecule has 0 unspecified atom stereocenters. The van der Waals surface area contributed by atoms with Crippen molar-refractivity contribution in [3.8, 4) is 0 Å². The maximum Gasteiger partial charge on any atom is 0.122 e. The smallest absolute Gasteiger partial charge is 0.122 e. The van der Waals surface area contributed by atoms with Gasteiger partial charge in [-0.2, -0.15) is 0 Å². The number of hydrogen-bond acceptors (Lipinski definition) is 2. The molecule has 0 fully saturated rings. The predicted molar refractivity (Wildman–Crippen MR) is 83.9 cm³/mol. The van der Waals surface area contributed by atoms with Gasteiger partial charge in [-0.05, 0) is 24.6 Å². The monoisotopic (exact) mass is 267 g/mol. The molecule has 2 rings (SSSR count). The standard InChI is InChI=1S/C17H21N3/c1-20(12-11-14-5-3-2-4-6-14)13-15-7-9-16(10-8-15)17(18)19/h2-10H,11-13H2,1H3,(H3,18,19). The van der Waals surface area contributed by atoms with Crippen LogP contribution in [0.5, 0.6) is 0 Å². The Hall–Kier alpha value is -2.13. The van der Waals surface area contributed by atoms with Crippen LogP contribution in [-0.2, 0) is 13.0 Å². The van der Waals surface area contributed by atoms with Crippen molar-refractivity contribution in [1.82, 2.24) is 4.90 Å². The second-order valence-corrected chi connectivity index (χ2v) is 5.08. The Bertz CT molecular complexity index is 546. The van der Waals surface area contributed by atoms with Crippen molar-refractivity contribution < 1.29 is 0 Å². The van der Waals surface area contributed by atoms with E-state index in [9.17, 15) is 0 Å². The summed E-state index contributed by atoms with van der Waals surface area (Å²) >= 11 is 0. The molecule has 0 bridgehead atoms. The van der Waals surface area contributed by atoms with Crippen LogP contribution in [0.15, 0.2) is 54.6 Å². The summed E-state index contributed by atoms with van der Waals surface area (Å²) in [6.07, 6.45) is 1.06. The second-order valence-electron chi connectivity index (χ2n) is 5.08. The SMILES string of the molecule is CN(CCc1ccccc1)Cc1ccc(C(=N)N)cc1. The normalized spacial score (nSPS) is 10.7. The van der Waals surface area contributed by atoms with E-state index in [2.05, 4.69) is 36.2 Å². The van der Waals surface area contributed by atoms with Crippen LogP contribution in [0.2, 0.25) is 0 Å². The number of likely N-dealkylation sites (N-methyl/N-ethyl adjacent to an activating group) is 1. The molecule has 0 heterocycles. The number of amidine groups is 1. The lowest BCUT2D eigenvalue weighted by molar-refractivity contribution is 0.331. The predicted octanol–water partition coefficient (Wildman–Crippen LogP) is 2.65. The first kappa shape index (κ1) is 14.3. The van der Waals surface area contributed by atoms with Gasteiger partial charge in [0.2, 0.25) is 0 Å². The molecule has 104 valence electrons. The van der Waals surface area contributed by atoms with Crippen LogP contribution in [0, 0.1) is 5.41 Å². The summed E-state index contributed by atoms with van der Waals surface area (Å²) < 4.78 is 0. The average Bonchev–Trinajstić information content (AvgIpc) is 2.47. The molecule has 20 heavy (non-hydrogen) atoms. The number of benzene rings is 2. The van der Waals surface area contributed by atoms with E-state index in [4.69, 9.17) is 11.1 Å². The molecule has 3 N–H and O–H groups in total. The molecule has 0 aliphatic carbocycles. The molecule has 0 radical (unpaired) electrons. The summed E-state index contributed by atoms with van der Waals surface area (Å²) in [6.45, 7) is 1.93. The van der Waals surface area contributed by atoms with Crippen LogP contribution in [0.3, 0.4) is 0 Å². The van der Waals surface area contributed by atoms with E-state index in [1.165, 1.54) is 11.1 Å². The molecule has 0 saturated heterocycles. The molecule has 3 heteroatoms. The molecule has 3 nitrogen and oxygen atoms in total. The zero-order chi connectivity index (χ0) is 14.4. The van der Waals surface area contributed by atoms with E-state index >= 15 is 0 Å². The fourth-order valence-electron chi connectivity index (χ4n) is 2.15. The Morgan fingerprint density at radius 2 is 1.65 bits per heavy atom. The summed E-state index contributed by atoms with van der Waals surface area (Å²) in [5.74, 6) is 0.119. The highest BCUT2D eigenvalue weighted by Crippen LogP contribution is 2.07. The van der Waals surface area contributed by atoms with Gasteiger partial charge in [0.05, 0.1) is 0 Å². The molecule has 0 aliphatic rings. The van der Waals surface area contributed by atoms with Gasteiger partial charge in [0, 0.05) is 18.7 Å². The second kappa shape index (κ2) is 6.87. The zero-order valence-electron chi connectivity index (χ0n) is 11.8. The topological polar surface area (TPSA) is 53.1 Å². The van der Waals surface area contributed by atoms with Crippen molar-refractivity contribution in [3.05, 3.63) is 71.3 Å². The molecule has 2 aromatic rings.